The molecule has 0 amide bonds. The first-order valence-corrected chi connectivity index (χ1v) is 15.2. The highest BCUT2D eigenvalue weighted by Crippen LogP contribution is 2.49. The second kappa shape index (κ2) is 7.59. The van der Waals surface area contributed by atoms with Crippen LogP contribution >= 0.6 is 0 Å². The normalized spacial score (nSPS) is 23.7. The van der Waals surface area contributed by atoms with E-state index in [2.05, 4.69) is 41.5 Å². The Hall–Kier alpha value is 0.394. The van der Waals surface area contributed by atoms with Crippen molar-refractivity contribution in [1.29, 1.82) is 0 Å². The van der Waals surface area contributed by atoms with Gasteiger partial charge in [0.2, 0.25) is 0 Å². The van der Waals surface area contributed by atoms with Crippen LogP contribution in [-0.2, 0) is 4.43 Å². The van der Waals surface area contributed by atoms with Crippen molar-refractivity contribution < 1.29 is 4.43 Å². The van der Waals surface area contributed by atoms with Crippen molar-refractivity contribution in [3.8, 4) is 0 Å². The molecule has 0 N–H and O–H groups in total. The highest BCUT2D eigenvalue weighted by atomic mass is 29.3. The van der Waals surface area contributed by atoms with Crippen molar-refractivity contribution in [2.45, 2.75) is 109 Å². The molecule has 20 heavy (non-hydrogen) atoms. The van der Waals surface area contributed by atoms with Gasteiger partial charge in [-0.15, -0.1) is 0 Å². The molecule has 1 aliphatic rings. The van der Waals surface area contributed by atoms with E-state index in [1.54, 1.807) is 6.04 Å². The summed E-state index contributed by atoms with van der Waals surface area (Å²) in [5.41, 5.74) is 0.266. The predicted octanol–water partition coefficient (Wildman–Crippen LogP) is 6.30. The van der Waals surface area contributed by atoms with Crippen LogP contribution < -0.4 is 0 Å². The van der Waals surface area contributed by atoms with Crippen LogP contribution in [0, 0.1) is 0 Å². The lowest BCUT2D eigenvalue weighted by Crippen LogP contribution is -2.70. The second-order valence-electron chi connectivity index (χ2n) is 6.97. The first-order chi connectivity index (χ1) is 9.53. The van der Waals surface area contributed by atoms with E-state index in [1.165, 1.54) is 56.3 Å². The van der Waals surface area contributed by atoms with Gasteiger partial charge >= 0.3 is 0 Å². The van der Waals surface area contributed by atoms with E-state index >= 15 is 0 Å². The summed E-state index contributed by atoms with van der Waals surface area (Å²) < 4.78 is 7.24. The fraction of sp³-hybridized carbons (Fsp3) is 1.00. The van der Waals surface area contributed by atoms with Gasteiger partial charge in [-0.3, -0.25) is 0 Å². The molecule has 0 aromatic heterocycles. The number of hydrogen-bond acceptors (Lipinski definition) is 1. The minimum atomic E-state index is -1.48. The van der Waals surface area contributed by atoms with E-state index in [1.807, 2.05) is 0 Å². The molecule has 1 heterocycles. The Labute approximate surface area is 129 Å². The fourth-order valence-electron chi connectivity index (χ4n) is 5.05. The van der Waals surface area contributed by atoms with E-state index in [0.717, 1.165) is 0 Å². The molecule has 120 valence electrons. The lowest BCUT2D eigenvalue weighted by molar-refractivity contribution is 0.0305. The van der Waals surface area contributed by atoms with Crippen LogP contribution in [0.2, 0.25) is 30.2 Å². The van der Waals surface area contributed by atoms with Gasteiger partial charge < -0.3 is 4.43 Å². The minimum Gasteiger partial charge on any atom is -0.414 e. The summed E-state index contributed by atoms with van der Waals surface area (Å²) in [6.07, 6.45) is 6.54. The summed E-state index contributed by atoms with van der Waals surface area (Å²) in [4.78, 5) is 0. The Morgan fingerprint density at radius 3 is 1.65 bits per heavy atom. The molecule has 0 bridgehead atoms. The fourth-order valence-corrected chi connectivity index (χ4v) is 24.0. The molecule has 0 atom stereocenters. The molecule has 0 aromatic rings. The molecule has 1 nitrogen and oxygen atoms in total. The smallest absolute Gasteiger partial charge is 0.180 e. The van der Waals surface area contributed by atoms with Gasteiger partial charge in [-0.2, -0.15) is 0 Å². The van der Waals surface area contributed by atoms with Crippen molar-refractivity contribution in [3.05, 3.63) is 0 Å². The van der Waals surface area contributed by atoms with Crippen LogP contribution in [-0.4, -0.2) is 21.0 Å². The number of hydrogen-bond donors (Lipinski definition) is 0. The van der Waals surface area contributed by atoms with Crippen molar-refractivity contribution in [2.24, 2.45) is 0 Å². The van der Waals surface area contributed by atoms with Gasteiger partial charge in [0.05, 0.1) is 13.2 Å². The first kappa shape index (κ1) is 18.4. The maximum Gasteiger partial charge on any atom is 0.180 e. The Balaban J connectivity index is 3.14. The third-order valence-electron chi connectivity index (χ3n) is 6.34. The van der Waals surface area contributed by atoms with E-state index < -0.39 is 15.4 Å². The van der Waals surface area contributed by atoms with Crippen LogP contribution in [0.4, 0.5) is 0 Å². The highest BCUT2D eigenvalue weighted by Gasteiger charge is 2.58. The lowest BCUT2D eigenvalue weighted by atomic mass is 9.90. The molecule has 0 unspecified atom stereocenters. The summed E-state index contributed by atoms with van der Waals surface area (Å²) in [5.74, 6) is 0. The minimum absolute atomic E-state index is 0.266. The molecule has 0 saturated carbocycles. The largest absolute Gasteiger partial charge is 0.414 e. The van der Waals surface area contributed by atoms with Gasteiger partial charge in [0, 0.05) is 0 Å². The third-order valence-corrected chi connectivity index (χ3v) is 26.4. The monoisotopic (exact) mass is 314 g/mol. The Morgan fingerprint density at radius 1 is 0.800 bits per heavy atom. The molecule has 0 radical (unpaired) electrons. The maximum atomic E-state index is 7.24. The van der Waals surface area contributed by atoms with Crippen molar-refractivity contribution in [3.63, 3.8) is 0 Å². The zero-order valence-corrected chi connectivity index (χ0v) is 17.0. The Bertz CT molecular complexity index is 277. The van der Waals surface area contributed by atoms with Crippen LogP contribution in [0.15, 0.2) is 0 Å². The summed E-state index contributed by atoms with van der Waals surface area (Å²) in [5, 5.41) is 0. The van der Waals surface area contributed by atoms with Crippen molar-refractivity contribution in [2.75, 3.05) is 0 Å². The molecule has 1 aliphatic heterocycles. The molecule has 1 fully saturated rings. The second-order valence-corrected chi connectivity index (χ2v) is 21.0. The number of rotatable bonds is 8. The molecule has 1 saturated heterocycles. The quantitative estimate of drug-likeness (QED) is 0.478. The predicted molar refractivity (Wildman–Crippen MR) is 96.5 cm³/mol. The summed E-state index contributed by atoms with van der Waals surface area (Å²) >= 11 is 0. The molecule has 1 rings (SSSR count). The highest BCUT2D eigenvalue weighted by molar-refractivity contribution is 7.40. The summed E-state index contributed by atoms with van der Waals surface area (Å²) in [6, 6.07) is 7.23. The van der Waals surface area contributed by atoms with E-state index in [0.29, 0.717) is 0 Å². The summed E-state index contributed by atoms with van der Waals surface area (Å²) in [6.45, 7) is 14.5. The van der Waals surface area contributed by atoms with Crippen LogP contribution in [0.1, 0.15) is 73.6 Å². The molecule has 0 spiro atoms. The van der Waals surface area contributed by atoms with Crippen molar-refractivity contribution >= 4 is 15.4 Å². The summed E-state index contributed by atoms with van der Waals surface area (Å²) in [7, 11) is -2.62. The lowest BCUT2D eigenvalue weighted by Gasteiger charge is -2.57. The van der Waals surface area contributed by atoms with Gasteiger partial charge in [0.1, 0.15) is 0 Å². The average Bonchev–Trinajstić information content (AvgIpc) is 2.48. The van der Waals surface area contributed by atoms with Gasteiger partial charge in [0.15, 0.2) is 7.83 Å². The van der Waals surface area contributed by atoms with Gasteiger partial charge in [-0.05, 0) is 31.4 Å². The third kappa shape index (κ3) is 3.10. The topological polar surface area (TPSA) is 9.23 Å². The van der Waals surface area contributed by atoms with Gasteiger partial charge in [-0.1, -0.05) is 72.5 Å². The van der Waals surface area contributed by atoms with Gasteiger partial charge in [-0.25, -0.2) is 0 Å². The maximum absolute atomic E-state index is 7.24. The first-order valence-electron chi connectivity index (χ1n) is 9.23. The average molecular weight is 315 g/mol. The van der Waals surface area contributed by atoms with E-state index in [4.69, 9.17) is 4.43 Å². The molecule has 3 heteroatoms. The standard InChI is InChI=1S/C17H38OSi2/c1-7-13-17(14-8-2)15-16-19(9-3,10-4)20(11-5,12-6)18-17/h7-16H2,1-6H3. The van der Waals surface area contributed by atoms with Crippen LogP contribution in [0.5, 0.6) is 0 Å². The van der Waals surface area contributed by atoms with E-state index in [9.17, 15) is 0 Å². The molecule has 0 aliphatic carbocycles. The van der Waals surface area contributed by atoms with E-state index in [-0.39, 0.29) is 5.60 Å². The zero-order chi connectivity index (χ0) is 15.3. The Morgan fingerprint density at radius 2 is 1.30 bits per heavy atom. The molecular weight excluding hydrogens is 276 g/mol. The van der Waals surface area contributed by atoms with Crippen LogP contribution in [0.25, 0.3) is 0 Å². The van der Waals surface area contributed by atoms with Gasteiger partial charge in [0.25, 0.3) is 0 Å². The molecule has 0 aromatic carbocycles. The Kier molecular flexibility index (Phi) is 7.00. The van der Waals surface area contributed by atoms with Crippen LogP contribution in [0.3, 0.4) is 0 Å². The zero-order valence-electron chi connectivity index (χ0n) is 15.0. The molecular formula is C17H38OSi2. The van der Waals surface area contributed by atoms with Crippen molar-refractivity contribution in [1.82, 2.24) is 0 Å². The SMILES string of the molecule is CCCC1(CCC)CC[Si](CC)(CC)[Si](CC)(CC)O1.